The second-order valence-corrected chi connectivity index (χ2v) is 4.99. The summed E-state index contributed by atoms with van der Waals surface area (Å²) in [4.78, 5) is 0. The molecular formula is C16H14ClN3. The van der Waals surface area contributed by atoms with Crippen LogP contribution in [0.15, 0.2) is 66.9 Å². The Kier molecular flexibility index (Phi) is 3.54. The molecule has 0 saturated heterocycles. The molecule has 3 rings (SSSR count). The minimum atomic E-state index is -0.253. The first-order valence-electron chi connectivity index (χ1n) is 6.36. The molecule has 0 fully saturated rings. The van der Waals surface area contributed by atoms with E-state index in [4.69, 9.17) is 17.3 Å². The van der Waals surface area contributed by atoms with E-state index in [1.807, 2.05) is 71.5 Å². The lowest BCUT2D eigenvalue weighted by molar-refractivity contribution is 0.773. The minimum absolute atomic E-state index is 0.253. The maximum Gasteiger partial charge on any atom is 0.0841 e. The van der Waals surface area contributed by atoms with Gasteiger partial charge in [0.2, 0.25) is 0 Å². The van der Waals surface area contributed by atoms with E-state index in [1.165, 1.54) is 0 Å². The SMILES string of the molecule is NC(c1ccc(Cl)cc1)c1ccn(-c2ccccc2)n1. The van der Waals surface area contributed by atoms with E-state index in [-0.39, 0.29) is 6.04 Å². The lowest BCUT2D eigenvalue weighted by Crippen LogP contribution is -2.13. The minimum Gasteiger partial charge on any atom is -0.319 e. The van der Waals surface area contributed by atoms with Gasteiger partial charge in [-0.2, -0.15) is 5.10 Å². The molecule has 0 spiro atoms. The van der Waals surface area contributed by atoms with Gasteiger partial charge in [-0.05, 0) is 35.9 Å². The van der Waals surface area contributed by atoms with Crippen LogP contribution in [0.25, 0.3) is 5.69 Å². The van der Waals surface area contributed by atoms with Crippen molar-refractivity contribution in [2.75, 3.05) is 0 Å². The summed E-state index contributed by atoms with van der Waals surface area (Å²) in [6.45, 7) is 0. The normalized spacial score (nSPS) is 12.3. The summed E-state index contributed by atoms with van der Waals surface area (Å²) in [5.74, 6) is 0. The maximum absolute atomic E-state index is 6.24. The zero-order valence-corrected chi connectivity index (χ0v) is 11.5. The molecule has 1 atom stereocenters. The molecule has 1 unspecified atom stereocenters. The quantitative estimate of drug-likeness (QED) is 0.798. The molecule has 2 N–H and O–H groups in total. The fraction of sp³-hybridized carbons (Fsp3) is 0.0625. The van der Waals surface area contributed by atoms with Gasteiger partial charge in [0.05, 0.1) is 17.4 Å². The fourth-order valence-corrected chi connectivity index (χ4v) is 2.20. The van der Waals surface area contributed by atoms with Crippen LogP contribution in [0.3, 0.4) is 0 Å². The number of hydrogen-bond acceptors (Lipinski definition) is 2. The molecule has 1 heterocycles. The first-order chi connectivity index (χ1) is 9.74. The molecule has 0 aliphatic carbocycles. The molecule has 3 nitrogen and oxygen atoms in total. The largest absolute Gasteiger partial charge is 0.319 e. The van der Waals surface area contributed by atoms with Crippen molar-refractivity contribution in [3.8, 4) is 5.69 Å². The van der Waals surface area contributed by atoms with Crippen molar-refractivity contribution in [1.29, 1.82) is 0 Å². The molecule has 0 aliphatic heterocycles. The van der Waals surface area contributed by atoms with Gasteiger partial charge in [0.1, 0.15) is 0 Å². The number of hydrogen-bond donors (Lipinski definition) is 1. The first-order valence-corrected chi connectivity index (χ1v) is 6.74. The second-order valence-electron chi connectivity index (χ2n) is 4.55. The Hall–Kier alpha value is -2.10. The van der Waals surface area contributed by atoms with Gasteiger partial charge >= 0.3 is 0 Å². The van der Waals surface area contributed by atoms with E-state index >= 15 is 0 Å². The first kappa shape index (κ1) is 12.9. The monoisotopic (exact) mass is 283 g/mol. The number of nitrogens with zero attached hydrogens (tertiary/aromatic N) is 2. The van der Waals surface area contributed by atoms with Gasteiger partial charge in [-0.15, -0.1) is 0 Å². The van der Waals surface area contributed by atoms with Gasteiger partial charge in [0.15, 0.2) is 0 Å². The van der Waals surface area contributed by atoms with Crippen molar-refractivity contribution in [3.05, 3.63) is 83.1 Å². The van der Waals surface area contributed by atoms with Crippen LogP contribution < -0.4 is 5.73 Å². The van der Waals surface area contributed by atoms with Gasteiger partial charge < -0.3 is 5.73 Å². The number of aromatic nitrogens is 2. The standard InChI is InChI=1S/C16H14ClN3/c17-13-8-6-12(7-9-13)16(18)15-10-11-20(19-15)14-4-2-1-3-5-14/h1-11,16H,18H2. The Labute approximate surface area is 122 Å². The molecular weight excluding hydrogens is 270 g/mol. The predicted octanol–water partition coefficient (Wildman–Crippen LogP) is 3.57. The third-order valence-corrected chi connectivity index (χ3v) is 3.43. The zero-order valence-electron chi connectivity index (χ0n) is 10.8. The molecule has 4 heteroatoms. The van der Waals surface area contributed by atoms with E-state index in [2.05, 4.69) is 5.10 Å². The molecule has 1 aromatic heterocycles. The number of benzene rings is 2. The van der Waals surface area contributed by atoms with Crippen LogP contribution in [0.2, 0.25) is 5.02 Å². The summed E-state index contributed by atoms with van der Waals surface area (Å²) in [7, 11) is 0. The zero-order chi connectivity index (χ0) is 13.9. The maximum atomic E-state index is 6.24. The van der Waals surface area contributed by atoms with Gasteiger partial charge in [-0.25, -0.2) is 4.68 Å². The van der Waals surface area contributed by atoms with E-state index in [1.54, 1.807) is 0 Å². The van der Waals surface area contributed by atoms with Crippen molar-refractivity contribution in [2.45, 2.75) is 6.04 Å². The summed E-state index contributed by atoms with van der Waals surface area (Å²) < 4.78 is 1.82. The molecule has 0 radical (unpaired) electrons. The molecule has 0 saturated carbocycles. The Morgan fingerprint density at radius 3 is 2.35 bits per heavy atom. The van der Waals surface area contributed by atoms with Crippen LogP contribution in [0.5, 0.6) is 0 Å². The van der Waals surface area contributed by atoms with Gasteiger partial charge in [-0.1, -0.05) is 41.9 Å². The van der Waals surface area contributed by atoms with E-state index in [0.717, 1.165) is 16.9 Å². The van der Waals surface area contributed by atoms with Gasteiger partial charge in [0, 0.05) is 11.2 Å². The second kappa shape index (κ2) is 5.49. The molecule has 100 valence electrons. The number of halogens is 1. The third kappa shape index (κ3) is 2.59. The van der Waals surface area contributed by atoms with Gasteiger partial charge in [-0.3, -0.25) is 0 Å². The van der Waals surface area contributed by atoms with Crippen molar-refractivity contribution >= 4 is 11.6 Å². The summed E-state index contributed by atoms with van der Waals surface area (Å²) >= 11 is 5.89. The van der Waals surface area contributed by atoms with Crippen molar-refractivity contribution in [2.24, 2.45) is 5.73 Å². The summed E-state index contributed by atoms with van der Waals surface area (Å²) in [6.07, 6.45) is 1.92. The predicted molar refractivity (Wildman–Crippen MR) is 81.0 cm³/mol. The summed E-state index contributed by atoms with van der Waals surface area (Å²) in [5.41, 5.74) is 9.08. The topological polar surface area (TPSA) is 43.8 Å². The summed E-state index contributed by atoms with van der Waals surface area (Å²) in [6, 6.07) is 19.2. The molecule has 0 aliphatic rings. The van der Waals surface area contributed by atoms with Crippen LogP contribution in [-0.2, 0) is 0 Å². The lowest BCUT2D eigenvalue weighted by atomic mass is 10.1. The Balaban J connectivity index is 1.88. The van der Waals surface area contributed by atoms with Crippen molar-refractivity contribution in [1.82, 2.24) is 9.78 Å². The highest BCUT2D eigenvalue weighted by atomic mass is 35.5. The van der Waals surface area contributed by atoms with E-state index < -0.39 is 0 Å². The number of nitrogens with two attached hydrogens (primary N) is 1. The van der Waals surface area contributed by atoms with Crippen molar-refractivity contribution < 1.29 is 0 Å². The van der Waals surface area contributed by atoms with Crippen LogP contribution >= 0.6 is 11.6 Å². The third-order valence-electron chi connectivity index (χ3n) is 3.18. The van der Waals surface area contributed by atoms with Crippen molar-refractivity contribution in [3.63, 3.8) is 0 Å². The highest BCUT2D eigenvalue weighted by Crippen LogP contribution is 2.20. The Morgan fingerprint density at radius 1 is 0.950 bits per heavy atom. The molecule has 2 aromatic carbocycles. The summed E-state index contributed by atoms with van der Waals surface area (Å²) in [5, 5.41) is 5.24. The van der Waals surface area contributed by atoms with Crippen LogP contribution in [0.1, 0.15) is 17.3 Å². The van der Waals surface area contributed by atoms with E-state index in [0.29, 0.717) is 5.02 Å². The molecule has 0 amide bonds. The van der Waals surface area contributed by atoms with Crippen LogP contribution in [-0.4, -0.2) is 9.78 Å². The average molecular weight is 284 g/mol. The Morgan fingerprint density at radius 2 is 1.65 bits per heavy atom. The molecule has 3 aromatic rings. The lowest BCUT2D eigenvalue weighted by Gasteiger charge is -2.09. The fourth-order valence-electron chi connectivity index (χ4n) is 2.07. The smallest absolute Gasteiger partial charge is 0.0841 e. The van der Waals surface area contributed by atoms with Crippen LogP contribution in [0.4, 0.5) is 0 Å². The highest BCUT2D eigenvalue weighted by molar-refractivity contribution is 6.30. The number of para-hydroxylation sites is 1. The van der Waals surface area contributed by atoms with E-state index in [9.17, 15) is 0 Å². The molecule has 0 bridgehead atoms. The highest BCUT2D eigenvalue weighted by Gasteiger charge is 2.12. The average Bonchev–Trinajstić information content (AvgIpc) is 2.98. The number of rotatable bonds is 3. The Bertz CT molecular complexity index is 689. The molecule has 20 heavy (non-hydrogen) atoms. The van der Waals surface area contributed by atoms with Crippen LogP contribution in [0, 0.1) is 0 Å². The van der Waals surface area contributed by atoms with Gasteiger partial charge in [0.25, 0.3) is 0 Å².